The molecular formula is C6H9NO4. The van der Waals surface area contributed by atoms with Gasteiger partial charge in [-0.1, -0.05) is 5.16 Å². The molecule has 5 heteroatoms. The molecule has 0 aromatic rings. The number of rotatable bonds is 2. The summed E-state index contributed by atoms with van der Waals surface area (Å²) in [4.78, 5) is 15.5. The predicted octanol–water partition coefficient (Wildman–Crippen LogP) is -0.0918. The Labute approximate surface area is 63.9 Å². The van der Waals surface area contributed by atoms with E-state index in [-0.39, 0.29) is 6.61 Å². The Morgan fingerprint density at radius 2 is 2.73 bits per heavy atom. The van der Waals surface area contributed by atoms with Gasteiger partial charge in [0.05, 0.1) is 6.61 Å². The highest BCUT2D eigenvalue weighted by atomic mass is 16.7. The Hall–Kier alpha value is -1.26. The molecule has 1 heterocycles. The summed E-state index contributed by atoms with van der Waals surface area (Å²) in [5.74, 6) is -0.418. The molecule has 0 spiro atoms. The van der Waals surface area contributed by atoms with Gasteiger partial charge in [-0.05, 0) is 6.92 Å². The van der Waals surface area contributed by atoms with Crippen molar-refractivity contribution in [3.63, 3.8) is 0 Å². The van der Waals surface area contributed by atoms with E-state index in [1.807, 2.05) is 0 Å². The Morgan fingerprint density at radius 3 is 3.27 bits per heavy atom. The summed E-state index contributed by atoms with van der Waals surface area (Å²) in [5.41, 5.74) is 0. The first-order valence-corrected chi connectivity index (χ1v) is 3.30. The van der Waals surface area contributed by atoms with E-state index < -0.39 is 12.1 Å². The van der Waals surface area contributed by atoms with Crippen molar-refractivity contribution < 1.29 is 19.1 Å². The lowest BCUT2D eigenvalue weighted by atomic mass is 10.4. The van der Waals surface area contributed by atoms with Crippen molar-refractivity contribution in [2.75, 3.05) is 13.2 Å². The van der Waals surface area contributed by atoms with Crippen LogP contribution in [0.5, 0.6) is 0 Å². The van der Waals surface area contributed by atoms with E-state index in [9.17, 15) is 4.79 Å². The van der Waals surface area contributed by atoms with Crippen LogP contribution in [0.4, 0.5) is 0 Å². The molecule has 5 nitrogen and oxygen atoms in total. The molecule has 1 atom stereocenters. The average Bonchev–Trinajstić information content (AvgIpc) is 2.07. The summed E-state index contributed by atoms with van der Waals surface area (Å²) >= 11 is 0. The number of ether oxygens (including phenoxy) is 2. The second kappa shape index (κ2) is 3.80. The number of nitrogens with zero attached hydrogens (tertiary/aromatic N) is 1. The molecule has 62 valence electrons. The number of hydrogen-bond acceptors (Lipinski definition) is 5. The molecule has 1 aliphatic heterocycles. The molecule has 0 fully saturated rings. The van der Waals surface area contributed by atoms with Crippen LogP contribution in [0.25, 0.3) is 0 Å². The van der Waals surface area contributed by atoms with Gasteiger partial charge in [0.15, 0.2) is 6.61 Å². The van der Waals surface area contributed by atoms with Crippen LogP contribution >= 0.6 is 0 Å². The van der Waals surface area contributed by atoms with Crippen LogP contribution in [-0.2, 0) is 19.1 Å². The maximum atomic E-state index is 10.9. The Balaban J connectivity index is 2.34. The van der Waals surface area contributed by atoms with Crippen molar-refractivity contribution >= 4 is 12.4 Å². The standard InChI is InChI=1S/C6H9NO4/c1-2-9-6(8)5-3-11-7-4-10-5/h4-5H,2-3H2,1H3. The first-order valence-electron chi connectivity index (χ1n) is 3.30. The van der Waals surface area contributed by atoms with Crippen molar-refractivity contribution in [2.24, 2.45) is 5.16 Å². The van der Waals surface area contributed by atoms with E-state index in [4.69, 9.17) is 4.74 Å². The zero-order valence-electron chi connectivity index (χ0n) is 6.15. The minimum Gasteiger partial charge on any atom is -0.463 e. The van der Waals surface area contributed by atoms with Crippen molar-refractivity contribution in [1.82, 2.24) is 0 Å². The molecule has 0 aromatic carbocycles. The number of hydrogen-bond donors (Lipinski definition) is 0. The molecular weight excluding hydrogens is 150 g/mol. The molecule has 11 heavy (non-hydrogen) atoms. The van der Waals surface area contributed by atoms with Crippen LogP contribution < -0.4 is 0 Å². The van der Waals surface area contributed by atoms with E-state index in [0.717, 1.165) is 6.40 Å². The second-order valence-electron chi connectivity index (χ2n) is 1.88. The van der Waals surface area contributed by atoms with Crippen LogP contribution in [0.3, 0.4) is 0 Å². The molecule has 1 aliphatic rings. The van der Waals surface area contributed by atoms with Crippen LogP contribution in [-0.4, -0.2) is 31.7 Å². The fourth-order valence-corrected chi connectivity index (χ4v) is 0.638. The summed E-state index contributed by atoms with van der Waals surface area (Å²) in [6.45, 7) is 2.20. The quantitative estimate of drug-likeness (QED) is 0.528. The number of carbonyl (C=O) groups is 1. The maximum Gasteiger partial charge on any atom is 0.351 e. The first-order chi connectivity index (χ1) is 5.34. The van der Waals surface area contributed by atoms with Crippen LogP contribution in [0.2, 0.25) is 0 Å². The third kappa shape index (κ3) is 2.10. The molecule has 0 aromatic heterocycles. The Kier molecular flexibility index (Phi) is 2.71. The van der Waals surface area contributed by atoms with Crippen LogP contribution in [0, 0.1) is 0 Å². The predicted molar refractivity (Wildman–Crippen MR) is 36.0 cm³/mol. The monoisotopic (exact) mass is 159 g/mol. The molecule has 1 rings (SSSR count). The lowest BCUT2D eigenvalue weighted by molar-refractivity contribution is -0.156. The van der Waals surface area contributed by atoms with E-state index in [2.05, 4.69) is 14.7 Å². The molecule has 0 saturated carbocycles. The molecule has 0 saturated heterocycles. The zero-order chi connectivity index (χ0) is 8.10. The van der Waals surface area contributed by atoms with Crippen LogP contribution in [0.1, 0.15) is 6.92 Å². The molecule has 0 aliphatic carbocycles. The number of esters is 1. The third-order valence-electron chi connectivity index (χ3n) is 1.12. The number of oxime groups is 1. The Morgan fingerprint density at radius 1 is 1.91 bits per heavy atom. The lowest BCUT2D eigenvalue weighted by Gasteiger charge is -2.15. The van der Waals surface area contributed by atoms with E-state index >= 15 is 0 Å². The van der Waals surface area contributed by atoms with Crippen molar-refractivity contribution in [1.29, 1.82) is 0 Å². The van der Waals surface area contributed by atoms with Gasteiger partial charge in [0.1, 0.15) is 0 Å². The van der Waals surface area contributed by atoms with E-state index in [0.29, 0.717) is 6.61 Å². The van der Waals surface area contributed by atoms with Gasteiger partial charge in [-0.3, -0.25) is 0 Å². The normalized spacial score (nSPS) is 21.7. The maximum absolute atomic E-state index is 10.9. The smallest absolute Gasteiger partial charge is 0.351 e. The van der Waals surface area contributed by atoms with Gasteiger partial charge in [-0.15, -0.1) is 0 Å². The summed E-state index contributed by atoms with van der Waals surface area (Å²) in [6, 6.07) is 0. The molecule has 0 bridgehead atoms. The molecule has 0 N–H and O–H groups in total. The summed E-state index contributed by atoms with van der Waals surface area (Å²) in [6.07, 6.45) is 0.429. The fourth-order valence-electron chi connectivity index (χ4n) is 0.638. The molecule has 1 unspecified atom stereocenters. The van der Waals surface area contributed by atoms with Gasteiger partial charge in [-0.25, -0.2) is 4.79 Å². The van der Waals surface area contributed by atoms with Gasteiger partial charge in [-0.2, -0.15) is 0 Å². The van der Waals surface area contributed by atoms with E-state index in [1.165, 1.54) is 0 Å². The summed E-state index contributed by atoms with van der Waals surface area (Å²) in [7, 11) is 0. The first kappa shape index (κ1) is 7.84. The van der Waals surface area contributed by atoms with Gasteiger partial charge >= 0.3 is 5.97 Å². The van der Waals surface area contributed by atoms with Crippen LogP contribution in [0.15, 0.2) is 5.16 Å². The van der Waals surface area contributed by atoms with Gasteiger partial charge in [0.2, 0.25) is 12.5 Å². The van der Waals surface area contributed by atoms with Crippen molar-refractivity contribution in [3.8, 4) is 0 Å². The van der Waals surface area contributed by atoms with Gasteiger partial charge in [0.25, 0.3) is 0 Å². The number of carbonyl (C=O) groups excluding carboxylic acids is 1. The highest BCUT2D eigenvalue weighted by molar-refractivity contribution is 5.76. The third-order valence-corrected chi connectivity index (χ3v) is 1.12. The minimum absolute atomic E-state index is 0.120. The Bertz CT molecular complexity index is 168. The van der Waals surface area contributed by atoms with Crippen molar-refractivity contribution in [3.05, 3.63) is 0 Å². The SMILES string of the molecule is CCOC(=O)C1CON=CO1. The summed E-state index contributed by atoms with van der Waals surface area (Å²) < 4.78 is 9.48. The second-order valence-corrected chi connectivity index (χ2v) is 1.88. The largest absolute Gasteiger partial charge is 0.463 e. The lowest BCUT2D eigenvalue weighted by Crippen LogP contribution is -2.32. The zero-order valence-corrected chi connectivity index (χ0v) is 6.15. The minimum atomic E-state index is -0.660. The average molecular weight is 159 g/mol. The highest BCUT2D eigenvalue weighted by Crippen LogP contribution is 2.00. The highest BCUT2D eigenvalue weighted by Gasteiger charge is 2.23. The van der Waals surface area contributed by atoms with Gasteiger partial charge < -0.3 is 14.3 Å². The van der Waals surface area contributed by atoms with E-state index in [1.54, 1.807) is 6.92 Å². The molecule has 0 radical (unpaired) electrons. The summed E-state index contributed by atoms with van der Waals surface area (Å²) in [5, 5.41) is 3.31. The fraction of sp³-hybridized carbons (Fsp3) is 0.667. The molecule has 0 amide bonds. The van der Waals surface area contributed by atoms with Gasteiger partial charge in [0, 0.05) is 0 Å². The topological polar surface area (TPSA) is 57.1 Å². The van der Waals surface area contributed by atoms with Crippen molar-refractivity contribution in [2.45, 2.75) is 13.0 Å².